The highest BCUT2D eigenvalue weighted by Gasteiger charge is 2.38. The number of carbonyl (C=O) groups is 1. The highest BCUT2D eigenvalue weighted by atomic mass is 16.6. The molecule has 0 saturated heterocycles. The zero-order chi connectivity index (χ0) is 14.1. The van der Waals surface area contributed by atoms with Gasteiger partial charge in [-0.25, -0.2) is 0 Å². The van der Waals surface area contributed by atoms with E-state index in [2.05, 4.69) is 6.92 Å². The van der Waals surface area contributed by atoms with Gasteiger partial charge in [-0.1, -0.05) is 6.92 Å². The Morgan fingerprint density at radius 3 is 2.53 bits per heavy atom. The van der Waals surface area contributed by atoms with E-state index in [4.69, 9.17) is 19.9 Å². The normalized spacial score (nSPS) is 27.2. The summed E-state index contributed by atoms with van der Waals surface area (Å²) in [6.07, 6.45) is 4.30. The molecule has 0 radical (unpaired) electrons. The first kappa shape index (κ1) is 16.4. The molecule has 1 rings (SSSR count). The molecule has 0 spiro atoms. The molecule has 5 heteroatoms. The quantitative estimate of drug-likeness (QED) is 0.536. The monoisotopic (exact) mass is 273 g/mol. The molecule has 0 unspecified atom stereocenters. The summed E-state index contributed by atoms with van der Waals surface area (Å²) in [6, 6.07) is 0. The van der Waals surface area contributed by atoms with E-state index in [1.54, 1.807) is 7.11 Å². The van der Waals surface area contributed by atoms with E-state index in [1.807, 2.05) is 0 Å². The van der Waals surface area contributed by atoms with Crippen LogP contribution in [-0.2, 0) is 19.0 Å². The lowest BCUT2D eigenvalue weighted by Crippen LogP contribution is -2.51. The van der Waals surface area contributed by atoms with E-state index in [-0.39, 0.29) is 12.6 Å². The fourth-order valence-corrected chi connectivity index (χ4v) is 2.23. The standard InChI is InChI=1S/C14H27NO4/c1-12-4-6-14(15,7-5-12)13(16)19-11-10-18-9-3-8-17-2/h12H,3-11,15H2,1-2H3. The van der Waals surface area contributed by atoms with Gasteiger partial charge in [0.05, 0.1) is 6.61 Å². The van der Waals surface area contributed by atoms with Crippen LogP contribution in [0.4, 0.5) is 0 Å². The van der Waals surface area contributed by atoms with Crippen molar-refractivity contribution >= 4 is 5.97 Å². The number of nitrogens with two attached hydrogens (primary N) is 1. The van der Waals surface area contributed by atoms with Gasteiger partial charge in [0.1, 0.15) is 12.1 Å². The maximum Gasteiger partial charge on any atom is 0.326 e. The lowest BCUT2D eigenvalue weighted by atomic mass is 9.78. The van der Waals surface area contributed by atoms with Crippen LogP contribution in [0.5, 0.6) is 0 Å². The van der Waals surface area contributed by atoms with Gasteiger partial charge >= 0.3 is 5.97 Å². The summed E-state index contributed by atoms with van der Waals surface area (Å²) < 4.78 is 15.4. The number of hydrogen-bond donors (Lipinski definition) is 1. The van der Waals surface area contributed by atoms with Crippen LogP contribution in [-0.4, -0.2) is 45.0 Å². The van der Waals surface area contributed by atoms with Crippen LogP contribution in [0.2, 0.25) is 0 Å². The first-order valence-electron chi connectivity index (χ1n) is 7.11. The molecule has 0 bridgehead atoms. The SMILES string of the molecule is COCCCOCCOC(=O)C1(N)CCC(C)CC1. The van der Waals surface area contributed by atoms with Crippen LogP contribution in [0.1, 0.15) is 39.0 Å². The van der Waals surface area contributed by atoms with Crippen molar-refractivity contribution in [1.82, 2.24) is 0 Å². The predicted molar refractivity (Wildman–Crippen MR) is 72.8 cm³/mol. The first-order valence-corrected chi connectivity index (χ1v) is 7.11. The number of ether oxygens (including phenoxy) is 3. The Balaban J connectivity index is 2.10. The van der Waals surface area contributed by atoms with Crippen LogP contribution in [0.25, 0.3) is 0 Å². The minimum absolute atomic E-state index is 0.278. The summed E-state index contributed by atoms with van der Waals surface area (Å²) in [5, 5.41) is 0. The van der Waals surface area contributed by atoms with E-state index in [0.717, 1.165) is 32.1 Å². The number of rotatable bonds is 8. The number of carbonyl (C=O) groups excluding carboxylic acids is 1. The van der Waals surface area contributed by atoms with Crippen LogP contribution in [0.3, 0.4) is 0 Å². The lowest BCUT2D eigenvalue weighted by Gasteiger charge is -2.33. The average molecular weight is 273 g/mol. The van der Waals surface area contributed by atoms with Gasteiger partial charge < -0.3 is 19.9 Å². The van der Waals surface area contributed by atoms with Crippen LogP contribution in [0.15, 0.2) is 0 Å². The zero-order valence-corrected chi connectivity index (χ0v) is 12.2. The molecule has 0 aromatic rings. The Morgan fingerprint density at radius 1 is 1.21 bits per heavy atom. The van der Waals surface area contributed by atoms with Crippen LogP contribution >= 0.6 is 0 Å². The van der Waals surface area contributed by atoms with E-state index in [1.165, 1.54) is 0 Å². The van der Waals surface area contributed by atoms with Gasteiger partial charge in [0.15, 0.2) is 0 Å². The fourth-order valence-electron chi connectivity index (χ4n) is 2.23. The number of methoxy groups -OCH3 is 1. The highest BCUT2D eigenvalue weighted by molar-refractivity contribution is 5.80. The van der Waals surface area contributed by atoms with Crippen LogP contribution < -0.4 is 5.73 Å². The summed E-state index contributed by atoms with van der Waals surface area (Å²) in [6.45, 7) is 4.20. The van der Waals surface area contributed by atoms with E-state index < -0.39 is 5.54 Å². The smallest absolute Gasteiger partial charge is 0.326 e. The summed E-state index contributed by atoms with van der Waals surface area (Å²) >= 11 is 0. The molecule has 19 heavy (non-hydrogen) atoms. The Hall–Kier alpha value is -0.650. The molecule has 5 nitrogen and oxygen atoms in total. The second kappa shape index (κ2) is 8.51. The van der Waals surface area contributed by atoms with Gasteiger partial charge in [0, 0.05) is 20.3 Å². The molecular formula is C14H27NO4. The second-order valence-corrected chi connectivity index (χ2v) is 5.43. The molecule has 0 aromatic carbocycles. The van der Waals surface area contributed by atoms with Gasteiger partial charge in [-0.05, 0) is 38.0 Å². The molecule has 0 aliphatic heterocycles. The third-order valence-corrected chi connectivity index (χ3v) is 3.67. The van der Waals surface area contributed by atoms with Gasteiger partial charge in [-0.15, -0.1) is 0 Å². The molecule has 1 aliphatic rings. The molecule has 0 amide bonds. The topological polar surface area (TPSA) is 70.8 Å². The summed E-state index contributed by atoms with van der Waals surface area (Å²) in [7, 11) is 1.66. The van der Waals surface area contributed by atoms with Crippen molar-refractivity contribution < 1.29 is 19.0 Å². The number of esters is 1. The van der Waals surface area contributed by atoms with Crippen molar-refractivity contribution in [1.29, 1.82) is 0 Å². The summed E-state index contributed by atoms with van der Waals surface area (Å²) in [5.74, 6) is 0.383. The minimum atomic E-state index is -0.775. The minimum Gasteiger partial charge on any atom is -0.462 e. The average Bonchev–Trinajstić information content (AvgIpc) is 2.41. The van der Waals surface area contributed by atoms with Crippen molar-refractivity contribution in [3.05, 3.63) is 0 Å². The molecule has 0 atom stereocenters. The molecular weight excluding hydrogens is 246 g/mol. The third-order valence-electron chi connectivity index (χ3n) is 3.67. The van der Waals surface area contributed by atoms with Crippen molar-refractivity contribution in [3.8, 4) is 0 Å². The largest absolute Gasteiger partial charge is 0.462 e. The molecule has 1 fully saturated rings. The van der Waals surface area contributed by atoms with Crippen molar-refractivity contribution in [3.63, 3.8) is 0 Å². The maximum atomic E-state index is 11.9. The summed E-state index contributed by atoms with van der Waals surface area (Å²) in [4.78, 5) is 11.9. The maximum absolute atomic E-state index is 11.9. The van der Waals surface area contributed by atoms with Gasteiger partial charge in [-0.3, -0.25) is 4.79 Å². The van der Waals surface area contributed by atoms with E-state index in [9.17, 15) is 4.79 Å². The third kappa shape index (κ3) is 5.89. The van der Waals surface area contributed by atoms with Gasteiger partial charge in [-0.2, -0.15) is 0 Å². The number of hydrogen-bond acceptors (Lipinski definition) is 5. The Labute approximate surface area is 115 Å². The molecule has 1 aliphatic carbocycles. The predicted octanol–water partition coefficient (Wildman–Crippen LogP) is 1.49. The van der Waals surface area contributed by atoms with Gasteiger partial charge in [0.2, 0.25) is 0 Å². The second-order valence-electron chi connectivity index (χ2n) is 5.43. The Morgan fingerprint density at radius 2 is 1.89 bits per heavy atom. The lowest BCUT2D eigenvalue weighted by molar-refractivity contribution is -0.153. The fraction of sp³-hybridized carbons (Fsp3) is 0.929. The van der Waals surface area contributed by atoms with Crippen molar-refractivity contribution in [2.45, 2.75) is 44.6 Å². The van der Waals surface area contributed by atoms with Crippen molar-refractivity contribution in [2.24, 2.45) is 11.7 Å². The first-order chi connectivity index (χ1) is 9.08. The van der Waals surface area contributed by atoms with E-state index in [0.29, 0.717) is 25.7 Å². The summed E-state index contributed by atoms with van der Waals surface area (Å²) in [5.41, 5.74) is 5.34. The van der Waals surface area contributed by atoms with Crippen molar-refractivity contribution in [2.75, 3.05) is 33.5 Å². The molecule has 1 saturated carbocycles. The molecule has 112 valence electrons. The molecule has 2 N–H and O–H groups in total. The highest BCUT2D eigenvalue weighted by Crippen LogP contribution is 2.30. The van der Waals surface area contributed by atoms with E-state index >= 15 is 0 Å². The zero-order valence-electron chi connectivity index (χ0n) is 12.2. The Bertz CT molecular complexity index is 262. The van der Waals surface area contributed by atoms with Gasteiger partial charge in [0.25, 0.3) is 0 Å². The molecule has 0 aromatic heterocycles. The Kier molecular flexibility index (Phi) is 7.34. The molecule has 0 heterocycles. The van der Waals surface area contributed by atoms with Crippen LogP contribution in [0, 0.1) is 5.92 Å².